The minimum atomic E-state index is -3.23. The maximum absolute atomic E-state index is 13.1. The van der Waals surface area contributed by atoms with Gasteiger partial charge in [0.05, 0.1) is 17.5 Å². The molecular weight excluding hydrogens is 400 g/mol. The van der Waals surface area contributed by atoms with Gasteiger partial charge in [0.25, 0.3) is 5.91 Å². The number of aryl methyl sites for hydroxylation is 1. The van der Waals surface area contributed by atoms with Gasteiger partial charge in [-0.3, -0.25) is 4.79 Å². The first-order valence-electron chi connectivity index (χ1n) is 9.06. The molecule has 1 aliphatic rings. The van der Waals surface area contributed by atoms with Crippen molar-refractivity contribution in [1.29, 1.82) is 0 Å². The molecule has 28 heavy (non-hydrogen) atoms. The molecule has 0 bridgehead atoms. The van der Waals surface area contributed by atoms with Crippen molar-refractivity contribution in [3.8, 4) is 0 Å². The standard InChI is InChI=1S/C18H24N4O4S2/c1-13-9-15(21-26-13)12-27-17-16(6-3-7-19-17)18(23)22-8-4-5-14(11-22)10-20-28(2,24)25/h3,6-7,9,14,20H,4-5,8,10-12H2,1-2H3/t14-/m1/s1. The van der Waals surface area contributed by atoms with E-state index in [0.29, 0.717) is 36.0 Å². The predicted octanol–water partition coefficient (Wildman–Crippen LogP) is 2.07. The van der Waals surface area contributed by atoms with Gasteiger partial charge in [-0.05, 0) is 37.8 Å². The largest absolute Gasteiger partial charge is 0.361 e. The third-order valence-corrected chi connectivity index (χ3v) is 6.21. The molecule has 1 atom stereocenters. The molecular formula is C18H24N4O4S2. The lowest BCUT2D eigenvalue weighted by molar-refractivity contribution is 0.0672. The molecule has 0 aromatic carbocycles. The first-order valence-corrected chi connectivity index (χ1v) is 11.9. The van der Waals surface area contributed by atoms with Gasteiger partial charge in [0.1, 0.15) is 10.8 Å². The summed E-state index contributed by atoms with van der Waals surface area (Å²) < 4.78 is 30.3. The Morgan fingerprint density at radius 3 is 3.00 bits per heavy atom. The van der Waals surface area contributed by atoms with Crippen LogP contribution in [0.15, 0.2) is 33.9 Å². The molecule has 0 saturated carbocycles. The summed E-state index contributed by atoms with van der Waals surface area (Å²) in [6, 6.07) is 5.40. The van der Waals surface area contributed by atoms with Gasteiger partial charge >= 0.3 is 0 Å². The average molecular weight is 425 g/mol. The molecule has 2 aromatic rings. The van der Waals surface area contributed by atoms with E-state index in [0.717, 1.165) is 30.6 Å². The van der Waals surface area contributed by atoms with Crippen LogP contribution in [-0.4, -0.2) is 55.3 Å². The Labute approximate surface area is 169 Å². The predicted molar refractivity (Wildman–Crippen MR) is 107 cm³/mol. The highest BCUT2D eigenvalue weighted by molar-refractivity contribution is 7.98. The van der Waals surface area contributed by atoms with E-state index in [1.54, 1.807) is 23.2 Å². The highest BCUT2D eigenvalue weighted by Crippen LogP contribution is 2.26. The van der Waals surface area contributed by atoms with E-state index in [9.17, 15) is 13.2 Å². The number of hydrogen-bond donors (Lipinski definition) is 1. The third-order valence-electron chi connectivity index (χ3n) is 4.48. The zero-order chi connectivity index (χ0) is 20.1. The fourth-order valence-electron chi connectivity index (χ4n) is 3.15. The van der Waals surface area contributed by atoms with Gasteiger partial charge in [-0.15, -0.1) is 0 Å². The highest BCUT2D eigenvalue weighted by Gasteiger charge is 2.26. The number of aromatic nitrogens is 2. The third kappa shape index (κ3) is 5.79. The molecule has 8 nitrogen and oxygen atoms in total. The van der Waals surface area contributed by atoms with E-state index in [4.69, 9.17) is 4.52 Å². The van der Waals surface area contributed by atoms with E-state index >= 15 is 0 Å². The second-order valence-corrected chi connectivity index (χ2v) is 9.75. The number of likely N-dealkylation sites (tertiary alicyclic amines) is 1. The molecule has 152 valence electrons. The van der Waals surface area contributed by atoms with Crippen LogP contribution in [-0.2, 0) is 15.8 Å². The van der Waals surface area contributed by atoms with Crippen molar-refractivity contribution < 1.29 is 17.7 Å². The van der Waals surface area contributed by atoms with Crippen molar-refractivity contribution in [2.24, 2.45) is 5.92 Å². The fourth-order valence-corrected chi connectivity index (χ4v) is 4.56. The highest BCUT2D eigenvalue weighted by atomic mass is 32.2. The number of piperidine rings is 1. The summed E-state index contributed by atoms with van der Waals surface area (Å²) >= 11 is 1.45. The van der Waals surface area contributed by atoms with Gasteiger partial charge in [0.2, 0.25) is 10.0 Å². The molecule has 0 spiro atoms. The first kappa shape index (κ1) is 20.8. The molecule has 1 saturated heterocycles. The van der Waals surface area contributed by atoms with E-state index in [-0.39, 0.29) is 11.8 Å². The Morgan fingerprint density at radius 1 is 1.46 bits per heavy atom. The van der Waals surface area contributed by atoms with Crippen molar-refractivity contribution in [3.63, 3.8) is 0 Å². The number of carbonyl (C=O) groups is 1. The zero-order valence-corrected chi connectivity index (χ0v) is 17.6. The lowest BCUT2D eigenvalue weighted by Gasteiger charge is -2.33. The second kappa shape index (κ2) is 9.06. The number of amides is 1. The number of nitrogens with one attached hydrogen (secondary N) is 1. The molecule has 3 rings (SSSR count). The smallest absolute Gasteiger partial charge is 0.256 e. The van der Waals surface area contributed by atoms with Crippen LogP contribution in [0.5, 0.6) is 0 Å². The number of pyridine rings is 1. The second-order valence-electron chi connectivity index (χ2n) is 6.95. The van der Waals surface area contributed by atoms with E-state index in [2.05, 4.69) is 14.9 Å². The maximum atomic E-state index is 13.1. The molecule has 0 radical (unpaired) electrons. The fraction of sp³-hybridized carbons (Fsp3) is 0.500. The summed E-state index contributed by atoms with van der Waals surface area (Å²) in [5.41, 5.74) is 1.36. The number of nitrogens with zero attached hydrogens (tertiary/aromatic N) is 3. The van der Waals surface area contributed by atoms with Crippen LogP contribution < -0.4 is 4.72 Å². The molecule has 2 aromatic heterocycles. The summed E-state index contributed by atoms with van der Waals surface area (Å²) in [4.78, 5) is 19.2. The monoisotopic (exact) mass is 424 g/mol. The number of carbonyl (C=O) groups excluding carboxylic acids is 1. The Morgan fingerprint density at radius 2 is 2.29 bits per heavy atom. The summed E-state index contributed by atoms with van der Waals surface area (Å²) in [5.74, 6) is 1.35. The lowest BCUT2D eigenvalue weighted by Crippen LogP contribution is -2.43. The minimum absolute atomic E-state index is 0.0732. The van der Waals surface area contributed by atoms with Crippen molar-refractivity contribution in [2.45, 2.75) is 30.5 Å². The van der Waals surface area contributed by atoms with Gasteiger partial charge in [0, 0.05) is 37.7 Å². The van der Waals surface area contributed by atoms with Gasteiger partial charge in [-0.25, -0.2) is 18.1 Å². The van der Waals surface area contributed by atoms with Crippen LogP contribution in [0.2, 0.25) is 0 Å². The van der Waals surface area contributed by atoms with Crippen molar-refractivity contribution in [1.82, 2.24) is 19.8 Å². The molecule has 10 heteroatoms. The Kier molecular flexibility index (Phi) is 6.73. The quantitative estimate of drug-likeness (QED) is 0.678. The van der Waals surface area contributed by atoms with Crippen LogP contribution in [0, 0.1) is 12.8 Å². The Hall–Kier alpha value is -1.91. The lowest BCUT2D eigenvalue weighted by atomic mass is 9.98. The van der Waals surface area contributed by atoms with Crippen LogP contribution in [0.1, 0.15) is 34.7 Å². The van der Waals surface area contributed by atoms with Crippen LogP contribution in [0.3, 0.4) is 0 Å². The zero-order valence-electron chi connectivity index (χ0n) is 15.9. The van der Waals surface area contributed by atoms with Gasteiger partial charge in [-0.2, -0.15) is 0 Å². The summed E-state index contributed by atoms with van der Waals surface area (Å²) in [7, 11) is -3.23. The summed E-state index contributed by atoms with van der Waals surface area (Å²) in [6.45, 7) is 3.38. The molecule has 1 aliphatic heterocycles. The normalized spacial score (nSPS) is 17.6. The van der Waals surface area contributed by atoms with Crippen molar-refractivity contribution in [3.05, 3.63) is 41.4 Å². The van der Waals surface area contributed by atoms with E-state index < -0.39 is 10.0 Å². The molecule has 1 fully saturated rings. The first-order chi connectivity index (χ1) is 13.3. The number of rotatable bonds is 7. The number of hydrogen-bond acceptors (Lipinski definition) is 7. The molecule has 3 heterocycles. The Balaban J connectivity index is 1.66. The Bertz CT molecular complexity index is 929. The SMILES string of the molecule is Cc1cc(CSc2ncccc2C(=O)N2CCC[C@H](CNS(C)(=O)=O)C2)no1. The average Bonchev–Trinajstić information content (AvgIpc) is 3.09. The minimum Gasteiger partial charge on any atom is -0.361 e. The van der Waals surface area contributed by atoms with Crippen LogP contribution in [0.25, 0.3) is 0 Å². The van der Waals surface area contributed by atoms with Gasteiger partial charge in [-0.1, -0.05) is 16.9 Å². The van der Waals surface area contributed by atoms with E-state index in [1.165, 1.54) is 11.8 Å². The van der Waals surface area contributed by atoms with Crippen molar-refractivity contribution >= 4 is 27.7 Å². The van der Waals surface area contributed by atoms with Crippen LogP contribution >= 0.6 is 11.8 Å². The molecule has 1 amide bonds. The van der Waals surface area contributed by atoms with Crippen molar-refractivity contribution in [2.75, 3.05) is 25.9 Å². The molecule has 0 aliphatic carbocycles. The topological polar surface area (TPSA) is 105 Å². The van der Waals surface area contributed by atoms with Gasteiger partial charge < -0.3 is 9.42 Å². The van der Waals surface area contributed by atoms with Crippen LogP contribution in [0.4, 0.5) is 0 Å². The number of sulfonamides is 1. The van der Waals surface area contributed by atoms with E-state index in [1.807, 2.05) is 13.0 Å². The van der Waals surface area contributed by atoms with Gasteiger partial charge in [0.15, 0.2) is 0 Å². The number of thioether (sulfide) groups is 1. The summed E-state index contributed by atoms with van der Waals surface area (Å²) in [6.07, 6.45) is 4.56. The maximum Gasteiger partial charge on any atom is 0.256 e. The molecule has 1 N–H and O–H groups in total. The summed E-state index contributed by atoms with van der Waals surface area (Å²) in [5, 5.41) is 4.63. The molecule has 0 unspecified atom stereocenters.